The van der Waals surface area contributed by atoms with Crippen molar-refractivity contribution in [3.63, 3.8) is 0 Å². The van der Waals surface area contributed by atoms with E-state index in [1.807, 2.05) is 30.3 Å². The first-order chi connectivity index (χ1) is 31.6. The Kier molecular flexibility index (Phi) is 16.7. The van der Waals surface area contributed by atoms with Crippen molar-refractivity contribution in [2.24, 2.45) is 23.3 Å². The van der Waals surface area contributed by atoms with Crippen molar-refractivity contribution in [1.82, 2.24) is 25.1 Å². The number of hydrogen-bond acceptors (Lipinski definition) is 12. The molecule has 0 fully saturated rings. The number of nitrogens with two attached hydrogens (primary N) is 2. The molecule has 4 atom stereocenters. The van der Waals surface area contributed by atoms with Crippen LogP contribution < -0.4 is 21.5 Å². The van der Waals surface area contributed by atoms with Gasteiger partial charge in [0.15, 0.2) is 29.1 Å². The van der Waals surface area contributed by atoms with Gasteiger partial charge in [0.05, 0.1) is 35.6 Å². The Morgan fingerprint density at radius 1 is 1.00 bits per heavy atom. The number of aromatic hydroxyl groups is 1. The topological polar surface area (TPSA) is 259 Å². The summed E-state index contributed by atoms with van der Waals surface area (Å²) >= 11 is 0. The molecule has 7 N–H and O–H groups in total. The first kappa shape index (κ1) is 51.0. The molecule has 0 aliphatic carbocycles. The van der Waals surface area contributed by atoms with Crippen LogP contribution in [0.4, 0.5) is 0 Å². The lowest BCUT2D eigenvalue weighted by molar-refractivity contribution is -0.142. The summed E-state index contributed by atoms with van der Waals surface area (Å²) < 4.78 is 6.21. The van der Waals surface area contributed by atoms with Gasteiger partial charge in [0.2, 0.25) is 11.8 Å². The summed E-state index contributed by atoms with van der Waals surface area (Å²) in [6.07, 6.45) is -0.613. The molecule has 1 aromatic heterocycles. The Morgan fingerprint density at radius 3 is 2.28 bits per heavy atom. The molecule has 0 spiro atoms. The molecule has 5 rings (SSSR count). The number of likely N-dealkylation sites (N-methyl/N-ethyl adjacent to an activating group) is 2. The van der Waals surface area contributed by atoms with Gasteiger partial charge in [0.25, 0.3) is 0 Å². The Morgan fingerprint density at radius 2 is 1.67 bits per heavy atom. The number of phenols is 1. The van der Waals surface area contributed by atoms with Gasteiger partial charge in [-0.2, -0.15) is 5.26 Å². The molecule has 4 aromatic rings. The van der Waals surface area contributed by atoms with Gasteiger partial charge in [0, 0.05) is 68.3 Å². The molecule has 67 heavy (non-hydrogen) atoms. The Balaban J connectivity index is 1.55. The van der Waals surface area contributed by atoms with E-state index < -0.39 is 41.5 Å². The lowest BCUT2D eigenvalue weighted by atomic mass is 9.86. The van der Waals surface area contributed by atoms with Crippen molar-refractivity contribution in [3.8, 4) is 40.1 Å². The zero-order valence-corrected chi connectivity index (χ0v) is 39.7. The minimum atomic E-state index is -1.30. The fourth-order valence-corrected chi connectivity index (χ4v) is 8.30. The van der Waals surface area contributed by atoms with Crippen molar-refractivity contribution in [2.45, 2.75) is 97.6 Å². The number of aryl methyl sites for hydroxylation is 2. The summed E-state index contributed by atoms with van der Waals surface area (Å²) in [5.41, 5.74) is 16.4. The van der Waals surface area contributed by atoms with E-state index in [1.54, 1.807) is 58.2 Å². The van der Waals surface area contributed by atoms with Crippen LogP contribution in [0.5, 0.6) is 11.5 Å². The second-order valence-electron chi connectivity index (χ2n) is 18.4. The Hall–Kier alpha value is -6.99. The average Bonchev–Trinajstić information content (AvgIpc) is 3.27. The third-order valence-electron chi connectivity index (χ3n) is 12.2. The standard InChI is InChI=1S/C51H63N9O7/c1-29-24-43(64)46(60(8)49(66)35(19-21-53)28-42(63)45-30(2)56-47(57-31(45)3)33-12-15-36(16-13-33)51(4,5)6)34-14-18-44(67-23-22-59(7)50(54)55)38(27-34)37-25-32(11-17-40(37)61)26-39(58-48(29)65)41(62)10-9-20-52/h11-18,25,27,29,35,39,46,61H,9-10,19,21-24,26,28,53H2,1-8H3,(H3,54,55)(H,58,65)/t29-,35-,39+,46+/m1/s1. The van der Waals surface area contributed by atoms with Gasteiger partial charge in [-0.05, 0) is 79.6 Å². The van der Waals surface area contributed by atoms with Crippen molar-refractivity contribution in [1.29, 1.82) is 10.7 Å². The van der Waals surface area contributed by atoms with E-state index in [2.05, 4.69) is 26.1 Å². The quantitative estimate of drug-likeness (QED) is 0.0531. The third kappa shape index (κ3) is 12.5. The van der Waals surface area contributed by atoms with Crippen LogP contribution in [-0.2, 0) is 31.0 Å². The molecule has 0 saturated carbocycles. The minimum absolute atomic E-state index is 0.0329. The van der Waals surface area contributed by atoms with E-state index in [9.17, 15) is 34.3 Å². The van der Waals surface area contributed by atoms with Gasteiger partial charge in [-0.25, -0.2) is 9.97 Å². The molecule has 16 nitrogen and oxygen atoms in total. The molecule has 354 valence electrons. The summed E-state index contributed by atoms with van der Waals surface area (Å²) in [5.74, 6) is -3.81. The highest BCUT2D eigenvalue weighted by atomic mass is 16.5. The smallest absolute Gasteiger partial charge is 0.226 e. The van der Waals surface area contributed by atoms with Crippen molar-refractivity contribution in [3.05, 3.63) is 94.3 Å². The largest absolute Gasteiger partial charge is 0.507 e. The number of nitriles is 1. The number of ether oxygens (including phenoxy) is 1. The van der Waals surface area contributed by atoms with Gasteiger partial charge in [-0.3, -0.25) is 29.4 Å². The monoisotopic (exact) mass is 913 g/mol. The van der Waals surface area contributed by atoms with E-state index in [0.717, 1.165) is 11.1 Å². The fourth-order valence-electron chi connectivity index (χ4n) is 8.30. The van der Waals surface area contributed by atoms with E-state index in [0.29, 0.717) is 45.2 Å². The molecule has 1 aliphatic rings. The molecule has 0 radical (unpaired) electrons. The number of amides is 2. The second-order valence-corrected chi connectivity index (χ2v) is 18.4. The number of fused-ring (bicyclic) bond motifs is 5. The van der Waals surface area contributed by atoms with Crippen LogP contribution in [-0.4, -0.2) is 99.8 Å². The number of hydrogen-bond donors (Lipinski definition) is 5. The van der Waals surface area contributed by atoms with Gasteiger partial charge in [-0.1, -0.05) is 64.1 Å². The summed E-state index contributed by atoms with van der Waals surface area (Å²) in [7, 11) is 3.10. The lowest BCUT2D eigenvalue weighted by Crippen LogP contribution is -2.46. The maximum Gasteiger partial charge on any atom is 0.226 e. The zero-order chi connectivity index (χ0) is 49.3. The summed E-state index contributed by atoms with van der Waals surface area (Å²) in [6.45, 7) is 11.8. The van der Waals surface area contributed by atoms with Crippen molar-refractivity contribution < 1.29 is 33.8 Å². The highest BCUT2D eigenvalue weighted by Gasteiger charge is 2.36. The molecule has 0 saturated heterocycles. The number of Topliss-reactive ketones (excluding diaryl/α,β-unsaturated/α-hetero) is 3. The fraction of sp³-hybridized carbons (Fsp3) is 0.431. The number of nitrogens with one attached hydrogen (secondary N) is 2. The first-order valence-corrected chi connectivity index (χ1v) is 22.5. The lowest BCUT2D eigenvalue weighted by Gasteiger charge is -2.32. The van der Waals surface area contributed by atoms with E-state index in [1.165, 1.54) is 22.9 Å². The maximum atomic E-state index is 14.8. The number of benzene rings is 3. The Labute approximate surface area is 392 Å². The molecular weight excluding hydrogens is 851 g/mol. The van der Waals surface area contributed by atoms with Crippen molar-refractivity contribution >= 4 is 35.1 Å². The third-order valence-corrected chi connectivity index (χ3v) is 12.2. The summed E-state index contributed by atoms with van der Waals surface area (Å²) in [6, 6.07) is 17.2. The number of rotatable bonds is 15. The molecule has 4 bridgehead atoms. The second kappa shape index (κ2) is 22.0. The number of ketones is 3. The minimum Gasteiger partial charge on any atom is -0.507 e. The van der Waals surface area contributed by atoms with Crippen LogP contribution in [0.15, 0.2) is 60.7 Å². The SMILES string of the molecule is Cc1nc(-c2ccc(C(C)(C)C)cc2)nc(C)c1C(=O)C[C@@H](CCN)C(=O)N(C)[C@@H]1C(=O)C[C@@H](C)C(=O)N[C@H](C(=O)CCC#N)Cc2ccc(O)c(c2)-c2cc1ccc2OCCN(C)C(=N)N. The van der Waals surface area contributed by atoms with Crippen LogP contribution in [0, 0.1) is 42.4 Å². The van der Waals surface area contributed by atoms with E-state index in [-0.39, 0.29) is 92.5 Å². The van der Waals surface area contributed by atoms with E-state index in [4.69, 9.17) is 31.6 Å². The van der Waals surface area contributed by atoms with Gasteiger partial charge in [-0.15, -0.1) is 0 Å². The number of guanidine groups is 1. The Bertz CT molecular complexity index is 2540. The molecule has 2 heterocycles. The predicted octanol–water partition coefficient (Wildman–Crippen LogP) is 5.88. The average molecular weight is 914 g/mol. The van der Waals surface area contributed by atoms with Gasteiger partial charge in [0.1, 0.15) is 24.1 Å². The number of carbonyl (C=O) groups excluding carboxylic acids is 5. The summed E-state index contributed by atoms with van der Waals surface area (Å²) in [5, 5.41) is 31.1. The van der Waals surface area contributed by atoms with E-state index >= 15 is 0 Å². The number of carbonyl (C=O) groups is 5. The molecule has 0 unspecified atom stereocenters. The number of nitrogens with zero attached hydrogens (tertiary/aromatic N) is 5. The molecule has 3 aromatic carbocycles. The number of phenolic OH excluding ortho intramolecular Hbond substituents is 1. The van der Waals surface area contributed by atoms with Crippen LogP contribution in [0.25, 0.3) is 22.5 Å². The predicted molar refractivity (Wildman–Crippen MR) is 255 cm³/mol. The van der Waals surface area contributed by atoms with Crippen LogP contribution >= 0.6 is 0 Å². The zero-order valence-electron chi connectivity index (χ0n) is 39.7. The van der Waals surface area contributed by atoms with Crippen LogP contribution in [0.1, 0.15) is 104 Å². The van der Waals surface area contributed by atoms with Crippen LogP contribution in [0.3, 0.4) is 0 Å². The number of aromatic nitrogens is 2. The molecule has 1 aliphatic heterocycles. The molecular formula is C51H63N9O7. The molecule has 16 heteroatoms. The first-order valence-electron chi connectivity index (χ1n) is 22.5. The normalized spacial score (nSPS) is 16.7. The molecule has 2 amide bonds. The highest BCUT2D eigenvalue weighted by molar-refractivity contribution is 6.01. The van der Waals surface area contributed by atoms with Crippen molar-refractivity contribution in [2.75, 3.05) is 33.8 Å². The van der Waals surface area contributed by atoms with Crippen LogP contribution in [0.2, 0.25) is 0 Å². The maximum absolute atomic E-state index is 14.8. The summed E-state index contributed by atoms with van der Waals surface area (Å²) in [4.78, 5) is 83.1. The highest BCUT2D eigenvalue weighted by Crippen LogP contribution is 2.40. The van der Waals surface area contributed by atoms with Gasteiger partial charge >= 0.3 is 0 Å². The van der Waals surface area contributed by atoms with Gasteiger partial charge < -0.3 is 36.4 Å².